The number of benzene rings is 2. The second-order valence-electron chi connectivity index (χ2n) is 5.89. The van der Waals surface area contributed by atoms with Crippen LogP contribution in [0.2, 0.25) is 0 Å². The Morgan fingerprint density at radius 1 is 1.17 bits per heavy atom. The van der Waals surface area contributed by atoms with E-state index in [1.54, 1.807) is 36.4 Å². The Hall–Kier alpha value is -3.75. The van der Waals surface area contributed by atoms with Crippen LogP contribution in [-0.2, 0) is 10.0 Å². The number of nitriles is 1. The fourth-order valence-corrected chi connectivity index (χ4v) is 4.61. The van der Waals surface area contributed by atoms with Gasteiger partial charge in [-0.3, -0.25) is 9.82 Å². The van der Waals surface area contributed by atoms with Crippen LogP contribution < -0.4 is 9.46 Å². The molecule has 0 amide bonds. The predicted molar refractivity (Wildman–Crippen MR) is 108 cm³/mol. The summed E-state index contributed by atoms with van der Waals surface area (Å²) in [6.45, 7) is 0. The maximum absolute atomic E-state index is 13.2. The van der Waals surface area contributed by atoms with Crippen molar-refractivity contribution >= 4 is 26.5 Å². The molecule has 4 aromatic rings. The molecule has 8 nitrogen and oxygen atoms in total. The molecular weight excluding hydrogens is 429 g/mol. The van der Waals surface area contributed by atoms with Gasteiger partial charge in [-0.1, -0.05) is 29.5 Å². The summed E-state index contributed by atoms with van der Waals surface area (Å²) in [6.07, 6.45) is 2.42. The molecule has 2 aromatic heterocycles. The zero-order valence-electron chi connectivity index (χ0n) is 15.0. The first-order valence-corrected chi connectivity index (χ1v) is 10.7. The number of para-hydroxylation sites is 1. The molecule has 0 bridgehead atoms. The smallest absolute Gasteiger partial charge is 0.267 e. The van der Waals surface area contributed by atoms with E-state index in [0.717, 1.165) is 6.20 Å². The first-order valence-electron chi connectivity index (χ1n) is 8.42. The van der Waals surface area contributed by atoms with Crippen LogP contribution >= 0.6 is 11.3 Å². The van der Waals surface area contributed by atoms with Crippen LogP contribution in [0.1, 0.15) is 5.56 Å². The van der Waals surface area contributed by atoms with Crippen molar-refractivity contribution in [1.29, 1.82) is 5.26 Å². The lowest BCUT2D eigenvalue weighted by Gasteiger charge is -2.15. The molecule has 0 radical (unpaired) electrons. The van der Waals surface area contributed by atoms with Crippen LogP contribution in [0.4, 0.5) is 9.52 Å². The van der Waals surface area contributed by atoms with E-state index < -0.39 is 15.2 Å². The number of hydrogen-bond donors (Lipinski definition) is 2. The van der Waals surface area contributed by atoms with Crippen LogP contribution in [0.15, 0.2) is 65.8 Å². The molecule has 0 spiro atoms. The fraction of sp³-hybridized carbons (Fsp3) is 0. The molecule has 2 N–H and O–H groups in total. The number of ether oxygens (including phenoxy) is 1. The van der Waals surface area contributed by atoms with E-state index in [0.29, 0.717) is 28.3 Å². The largest absolute Gasteiger partial charge is 0.455 e. The van der Waals surface area contributed by atoms with Gasteiger partial charge in [0, 0.05) is 11.8 Å². The average Bonchev–Trinajstić information content (AvgIpc) is 3.40. The highest BCUT2D eigenvalue weighted by molar-refractivity contribution is 7.93. The van der Waals surface area contributed by atoms with Crippen molar-refractivity contribution in [2.24, 2.45) is 0 Å². The minimum absolute atomic E-state index is 0.00343. The maximum atomic E-state index is 13.2. The number of thiazole rings is 1. The van der Waals surface area contributed by atoms with E-state index >= 15 is 0 Å². The van der Waals surface area contributed by atoms with Gasteiger partial charge in [-0.15, -0.1) is 0 Å². The molecule has 0 saturated heterocycles. The van der Waals surface area contributed by atoms with Crippen LogP contribution in [0.3, 0.4) is 0 Å². The Balaban J connectivity index is 1.88. The zero-order chi connectivity index (χ0) is 21.1. The molecule has 0 aliphatic heterocycles. The van der Waals surface area contributed by atoms with Crippen molar-refractivity contribution in [3.8, 4) is 28.8 Å². The molecule has 30 heavy (non-hydrogen) atoms. The normalized spacial score (nSPS) is 11.1. The lowest BCUT2D eigenvalue weighted by molar-refractivity contribution is 0.466. The molecule has 0 atom stereocenters. The first-order chi connectivity index (χ1) is 14.5. The number of aromatic nitrogens is 3. The van der Waals surface area contributed by atoms with Crippen LogP contribution in [0.25, 0.3) is 11.3 Å². The van der Waals surface area contributed by atoms with Gasteiger partial charge in [-0.2, -0.15) is 14.8 Å². The Kier molecular flexibility index (Phi) is 5.18. The van der Waals surface area contributed by atoms with E-state index in [-0.39, 0.29) is 21.3 Å². The average molecular weight is 441 g/mol. The Morgan fingerprint density at radius 3 is 2.60 bits per heavy atom. The highest BCUT2D eigenvalue weighted by atomic mass is 32.2. The summed E-state index contributed by atoms with van der Waals surface area (Å²) in [5.74, 6) is 0.174. The molecular formula is C19H12FN5O3S2. The van der Waals surface area contributed by atoms with Crippen LogP contribution in [-0.4, -0.2) is 23.6 Å². The van der Waals surface area contributed by atoms with E-state index in [1.165, 1.54) is 18.3 Å². The number of aromatic amines is 1. The van der Waals surface area contributed by atoms with Gasteiger partial charge in [0.2, 0.25) is 0 Å². The minimum atomic E-state index is -4.24. The zero-order valence-corrected chi connectivity index (χ0v) is 16.7. The van der Waals surface area contributed by atoms with Gasteiger partial charge in [0.1, 0.15) is 22.3 Å². The van der Waals surface area contributed by atoms with Crippen molar-refractivity contribution < 1.29 is 17.5 Å². The molecule has 4 rings (SSSR count). The van der Waals surface area contributed by atoms with Crippen molar-refractivity contribution in [1.82, 2.24) is 15.2 Å². The lowest BCUT2D eigenvalue weighted by atomic mass is 10.0. The van der Waals surface area contributed by atoms with Gasteiger partial charge < -0.3 is 4.74 Å². The number of nitrogens with one attached hydrogen (secondary N) is 2. The van der Waals surface area contributed by atoms with Crippen molar-refractivity contribution in [2.75, 3.05) is 4.72 Å². The summed E-state index contributed by atoms with van der Waals surface area (Å²) < 4.78 is 47.3. The number of rotatable bonds is 6. The number of anilines is 1. The molecule has 0 unspecified atom stereocenters. The topological polar surface area (TPSA) is 121 Å². The molecule has 2 heterocycles. The molecule has 0 aliphatic carbocycles. The Labute approximate surface area is 174 Å². The number of H-pyrrole nitrogens is 1. The highest BCUT2D eigenvalue weighted by Crippen LogP contribution is 2.38. The third-order valence-electron chi connectivity index (χ3n) is 3.98. The summed E-state index contributed by atoms with van der Waals surface area (Å²) in [5.41, 5.74) is 0.930. The second-order valence-corrected chi connectivity index (χ2v) is 8.52. The Bertz CT molecular complexity index is 1330. The summed E-state index contributed by atoms with van der Waals surface area (Å²) in [6, 6.07) is 14.9. The molecule has 2 aromatic carbocycles. The van der Waals surface area contributed by atoms with Gasteiger partial charge in [0.05, 0.1) is 11.9 Å². The van der Waals surface area contributed by atoms with Gasteiger partial charge in [0.15, 0.2) is 16.0 Å². The molecule has 11 heteroatoms. The first kappa shape index (κ1) is 19.6. The van der Waals surface area contributed by atoms with Crippen molar-refractivity contribution in [2.45, 2.75) is 4.90 Å². The number of hydrogen-bond acceptors (Lipinski definition) is 7. The van der Waals surface area contributed by atoms with E-state index in [1.807, 2.05) is 6.07 Å². The number of halogens is 1. The third kappa shape index (κ3) is 3.86. The molecule has 0 fully saturated rings. The molecule has 0 aliphatic rings. The molecule has 0 saturated carbocycles. The standard InChI is InChI=1S/C19H12FN5O3S2/c20-17-11-22-19(29-17)25-30(26,27)16-7-6-13(15-8-9-23-24-15)14(10-21)18(16)28-12-4-2-1-3-5-12/h1-9,11H,(H,22,25)(H,23,24). The lowest BCUT2D eigenvalue weighted by Crippen LogP contribution is -2.14. The van der Waals surface area contributed by atoms with Crippen molar-refractivity contribution in [3.63, 3.8) is 0 Å². The monoisotopic (exact) mass is 441 g/mol. The van der Waals surface area contributed by atoms with E-state index in [2.05, 4.69) is 19.9 Å². The SMILES string of the molecule is N#Cc1c(-c2ccn[nH]2)ccc(S(=O)(=O)Nc2ncc(F)s2)c1Oc1ccccc1. The fourth-order valence-electron chi connectivity index (χ4n) is 2.70. The summed E-state index contributed by atoms with van der Waals surface area (Å²) in [4.78, 5) is 3.39. The predicted octanol–water partition coefficient (Wildman–Crippen LogP) is 4.14. The van der Waals surface area contributed by atoms with Gasteiger partial charge in [0.25, 0.3) is 10.0 Å². The van der Waals surface area contributed by atoms with Gasteiger partial charge in [-0.25, -0.2) is 13.4 Å². The Morgan fingerprint density at radius 2 is 1.97 bits per heavy atom. The van der Waals surface area contributed by atoms with Gasteiger partial charge >= 0.3 is 0 Å². The quantitative estimate of drug-likeness (QED) is 0.464. The van der Waals surface area contributed by atoms with Crippen LogP contribution in [0.5, 0.6) is 11.5 Å². The van der Waals surface area contributed by atoms with Crippen LogP contribution in [0, 0.1) is 16.5 Å². The van der Waals surface area contributed by atoms with E-state index in [4.69, 9.17) is 4.74 Å². The van der Waals surface area contributed by atoms with Crippen molar-refractivity contribution in [3.05, 3.63) is 71.6 Å². The minimum Gasteiger partial charge on any atom is -0.455 e. The summed E-state index contributed by atoms with van der Waals surface area (Å²) in [5, 5.41) is 15.7. The second kappa shape index (κ2) is 7.94. The third-order valence-corrected chi connectivity index (χ3v) is 6.17. The summed E-state index contributed by atoms with van der Waals surface area (Å²) in [7, 11) is -4.24. The highest BCUT2D eigenvalue weighted by Gasteiger charge is 2.27. The maximum Gasteiger partial charge on any atom is 0.267 e. The number of sulfonamides is 1. The molecule has 150 valence electrons. The van der Waals surface area contributed by atoms with E-state index in [9.17, 15) is 18.1 Å². The number of nitrogens with zero attached hydrogens (tertiary/aromatic N) is 3. The van der Waals surface area contributed by atoms with Gasteiger partial charge in [-0.05, 0) is 30.3 Å². The summed E-state index contributed by atoms with van der Waals surface area (Å²) >= 11 is 0.543.